The minimum atomic E-state index is 0.347. The van der Waals surface area contributed by atoms with Gasteiger partial charge in [0.05, 0.1) is 0 Å². The van der Waals surface area contributed by atoms with Crippen LogP contribution in [-0.2, 0) is 0 Å². The molecule has 2 atom stereocenters. The molecule has 0 aliphatic carbocycles. The van der Waals surface area contributed by atoms with Crippen LogP contribution in [0.25, 0.3) is 0 Å². The van der Waals surface area contributed by atoms with Crippen molar-refractivity contribution in [3.63, 3.8) is 0 Å². The molecule has 0 radical (unpaired) electrons. The molecule has 3 N–H and O–H groups in total. The topological polar surface area (TPSA) is 47.3 Å². The van der Waals surface area contributed by atoms with Crippen molar-refractivity contribution in [2.24, 2.45) is 5.73 Å². The molecule has 3 rings (SSSR count). The van der Waals surface area contributed by atoms with E-state index in [9.17, 15) is 0 Å². The van der Waals surface area contributed by atoms with Gasteiger partial charge in [-0.05, 0) is 49.2 Å². The highest BCUT2D eigenvalue weighted by atomic mass is 16.5. The molecule has 1 fully saturated rings. The average Bonchev–Trinajstić information content (AvgIpc) is 2.58. The monoisotopic (exact) mass is 296 g/mol. The maximum absolute atomic E-state index is 6.06. The van der Waals surface area contributed by atoms with Crippen molar-refractivity contribution in [2.75, 3.05) is 13.1 Å². The third-order valence-corrected chi connectivity index (χ3v) is 4.35. The summed E-state index contributed by atoms with van der Waals surface area (Å²) in [6, 6.07) is 18.7. The summed E-state index contributed by atoms with van der Waals surface area (Å²) < 4.78 is 5.94. The van der Waals surface area contributed by atoms with E-state index in [0.717, 1.165) is 18.0 Å². The molecule has 1 heterocycles. The Bertz CT molecular complexity index is 579. The van der Waals surface area contributed by atoms with Gasteiger partial charge in [0.15, 0.2) is 0 Å². The van der Waals surface area contributed by atoms with Crippen molar-refractivity contribution >= 4 is 0 Å². The van der Waals surface area contributed by atoms with E-state index in [1.165, 1.54) is 24.8 Å². The predicted molar refractivity (Wildman–Crippen MR) is 90.4 cm³/mol. The Balaban J connectivity index is 1.77. The minimum absolute atomic E-state index is 0.347. The molecule has 22 heavy (non-hydrogen) atoms. The number of para-hydroxylation sites is 1. The second-order valence-electron chi connectivity index (χ2n) is 5.89. The summed E-state index contributed by atoms with van der Waals surface area (Å²) in [6.45, 7) is 1.76. The maximum Gasteiger partial charge on any atom is 0.127 e. The first-order chi connectivity index (χ1) is 10.9. The highest BCUT2D eigenvalue weighted by Gasteiger charge is 2.23. The molecule has 2 aromatic rings. The molecule has 0 aromatic heterocycles. The third-order valence-electron chi connectivity index (χ3n) is 4.35. The van der Waals surface area contributed by atoms with Crippen LogP contribution in [-0.4, -0.2) is 19.1 Å². The number of ether oxygens (including phenoxy) is 1. The molecule has 2 aromatic carbocycles. The number of piperidine rings is 1. The van der Waals surface area contributed by atoms with Crippen LogP contribution < -0.4 is 15.8 Å². The molecule has 0 saturated carbocycles. The summed E-state index contributed by atoms with van der Waals surface area (Å²) in [4.78, 5) is 0. The number of hydrogen-bond donors (Lipinski definition) is 2. The first-order valence-electron chi connectivity index (χ1n) is 8.13. The van der Waals surface area contributed by atoms with Gasteiger partial charge in [0.25, 0.3) is 0 Å². The van der Waals surface area contributed by atoms with Crippen LogP contribution in [0, 0.1) is 0 Å². The first kappa shape index (κ1) is 15.1. The largest absolute Gasteiger partial charge is 0.457 e. The zero-order valence-electron chi connectivity index (χ0n) is 12.9. The zero-order valence-corrected chi connectivity index (χ0v) is 12.9. The van der Waals surface area contributed by atoms with E-state index in [-0.39, 0.29) is 0 Å². The molecule has 116 valence electrons. The normalized spacial score (nSPS) is 19.6. The average molecular weight is 296 g/mol. The molecular weight excluding hydrogens is 272 g/mol. The van der Waals surface area contributed by atoms with Gasteiger partial charge in [-0.1, -0.05) is 36.8 Å². The number of rotatable bonds is 5. The summed E-state index contributed by atoms with van der Waals surface area (Å²) in [5.74, 6) is 2.08. The summed E-state index contributed by atoms with van der Waals surface area (Å²) in [5, 5.41) is 3.62. The van der Waals surface area contributed by atoms with Gasteiger partial charge in [-0.3, -0.25) is 0 Å². The zero-order chi connectivity index (χ0) is 15.2. The second-order valence-corrected chi connectivity index (χ2v) is 5.89. The molecule has 3 nitrogen and oxygen atoms in total. The van der Waals surface area contributed by atoms with Crippen LogP contribution >= 0.6 is 0 Å². The fourth-order valence-electron chi connectivity index (χ4n) is 3.19. The molecular formula is C19H24N2O. The molecule has 0 bridgehead atoms. The van der Waals surface area contributed by atoms with E-state index in [1.54, 1.807) is 0 Å². The predicted octanol–water partition coefficient (Wildman–Crippen LogP) is 3.66. The Morgan fingerprint density at radius 2 is 1.86 bits per heavy atom. The van der Waals surface area contributed by atoms with Crippen LogP contribution in [0.4, 0.5) is 0 Å². The lowest BCUT2D eigenvalue weighted by Crippen LogP contribution is -2.41. The Morgan fingerprint density at radius 1 is 1.05 bits per heavy atom. The van der Waals surface area contributed by atoms with Crippen molar-refractivity contribution in [2.45, 2.75) is 31.2 Å². The molecule has 0 amide bonds. The lowest BCUT2D eigenvalue weighted by molar-refractivity contribution is 0.352. The van der Waals surface area contributed by atoms with E-state index < -0.39 is 0 Å². The van der Waals surface area contributed by atoms with Gasteiger partial charge in [-0.25, -0.2) is 0 Å². The standard InChI is InChI=1S/C19H24N2O/c20-14-18(19-11-4-5-12-21-19)15-7-6-10-17(13-15)22-16-8-2-1-3-9-16/h1-3,6-10,13,18-19,21H,4-5,11-12,14,20H2. The summed E-state index contributed by atoms with van der Waals surface area (Å²) in [6.07, 6.45) is 3.75. The molecule has 1 aliphatic rings. The van der Waals surface area contributed by atoms with Gasteiger partial charge in [0.1, 0.15) is 11.5 Å². The highest BCUT2D eigenvalue weighted by molar-refractivity contribution is 5.36. The Labute approximate surface area is 132 Å². The Morgan fingerprint density at radius 3 is 2.59 bits per heavy atom. The van der Waals surface area contributed by atoms with E-state index >= 15 is 0 Å². The van der Waals surface area contributed by atoms with Gasteiger partial charge in [-0.2, -0.15) is 0 Å². The molecule has 0 spiro atoms. The van der Waals surface area contributed by atoms with E-state index in [2.05, 4.69) is 23.5 Å². The van der Waals surface area contributed by atoms with Crippen LogP contribution in [0.2, 0.25) is 0 Å². The van der Waals surface area contributed by atoms with Gasteiger partial charge in [0, 0.05) is 18.5 Å². The van der Waals surface area contributed by atoms with E-state index in [4.69, 9.17) is 10.5 Å². The third kappa shape index (κ3) is 3.67. The number of nitrogens with one attached hydrogen (secondary N) is 1. The van der Waals surface area contributed by atoms with Gasteiger partial charge in [-0.15, -0.1) is 0 Å². The Kier molecular flexibility index (Phi) is 5.09. The van der Waals surface area contributed by atoms with Crippen molar-refractivity contribution in [3.05, 3.63) is 60.2 Å². The fourth-order valence-corrected chi connectivity index (χ4v) is 3.19. The number of nitrogens with two attached hydrogens (primary N) is 1. The molecule has 1 aliphatic heterocycles. The number of hydrogen-bond acceptors (Lipinski definition) is 3. The maximum atomic E-state index is 6.06. The van der Waals surface area contributed by atoms with E-state index in [0.29, 0.717) is 18.5 Å². The van der Waals surface area contributed by atoms with Crippen LogP contribution in [0.1, 0.15) is 30.7 Å². The van der Waals surface area contributed by atoms with Crippen molar-refractivity contribution in [3.8, 4) is 11.5 Å². The summed E-state index contributed by atoms with van der Waals surface area (Å²) in [7, 11) is 0. The highest BCUT2D eigenvalue weighted by Crippen LogP contribution is 2.29. The second kappa shape index (κ2) is 7.43. The van der Waals surface area contributed by atoms with Crippen LogP contribution in [0.3, 0.4) is 0 Å². The van der Waals surface area contributed by atoms with E-state index in [1.807, 2.05) is 36.4 Å². The van der Waals surface area contributed by atoms with Gasteiger partial charge >= 0.3 is 0 Å². The van der Waals surface area contributed by atoms with Crippen LogP contribution in [0.5, 0.6) is 11.5 Å². The SMILES string of the molecule is NCC(c1cccc(Oc2ccccc2)c1)C1CCCCN1. The van der Waals surface area contributed by atoms with Gasteiger partial charge < -0.3 is 15.8 Å². The lowest BCUT2D eigenvalue weighted by Gasteiger charge is -2.31. The number of benzene rings is 2. The summed E-state index contributed by atoms with van der Waals surface area (Å²) >= 11 is 0. The van der Waals surface area contributed by atoms with Crippen molar-refractivity contribution in [1.82, 2.24) is 5.32 Å². The minimum Gasteiger partial charge on any atom is -0.457 e. The smallest absolute Gasteiger partial charge is 0.127 e. The molecule has 1 saturated heterocycles. The fraction of sp³-hybridized carbons (Fsp3) is 0.368. The molecule has 2 unspecified atom stereocenters. The van der Waals surface area contributed by atoms with Crippen molar-refractivity contribution < 1.29 is 4.74 Å². The van der Waals surface area contributed by atoms with Crippen molar-refractivity contribution in [1.29, 1.82) is 0 Å². The lowest BCUT2D eigenvalue weighted by atomic mass is 9.86. The van der Waals surface area contributed by atoms with Gasteiger partial charge in [0.2, 0.25) is 0 Å². The van der Waals surface area contributed by atoms with Crippen LogP contribution in [0.15, 0.2) is 54.6 Å². The Hall–Kier alpha value is -1.84. The molecule has 3 heteroatoms. The first-order valence-corrected chi connectivity index (χ1v) is 8.13. The summed E-state index contributed by atoms with van der Waals surface area (Å²) in [5.41, 5.74) is 7.32. The quantitative estimate of drug-likeness (QED) is 0.885.